The Kier molecular flexibility index (Phi) is 9.92. The van der Waals surface area contributed by atoms with E-state index in [-0.39, 0.29) is 28.6 Å². The molecule has 0 aromatic heterocycles. The van der Waals surface area contributed by atoms with Gasteiger partial charge in [0.25, 0.3) is 0 Å². The minimum Gasteiger partial charge on any atom is -0.293 e. The average molecular weight is 463 g/mol. The van der Waals surface area contributed by atoms with E-state index in [9.17, 15) is 9.59 Å². The molecule has 2 aromatic rings. The van der Waals surface area contributed by atoms with E-state index >= 15 is 0 Å². The van der Waals surface area contributed by atoms with Crippen molar-refractivity contribution in [2.24, 2.45) is 0 Å². The van der Waals surface area contributed by atoms with Crippen LogP contribution < -0.4 is 0 Å². The molecular formula is C24H16Cl2FeO2+2. The molecule has 2 aromatic carbocycles. The van der Waals surface area contributed by atoms with Crippen LogP contribution in [0.2, 0.25) is 10.0 Å². The molecule has 0 saturated heterocycles. The first-order valence-electron chi connectivity index (χ1n) is 8.60. The van der Waals surface area contributed by atoms with Crippen LogP contribution in [0, 0.1) is 63.2 Å². The minimum atomic E-state index is -0.0272. The van der Waals surface area contributed by atoms with Crippen LogP contribution in [0.4, 0.5) is 0 Å². The predicted molar refractivity (Wildman–Crippen MR) is 112 cm³/mol. The third-order valence-corrected chi connectivity index (χ3v) is 4.75. The largest absolute Gasteiger partial charge is 2.00 e. The van der Waals surface area contributed by atoms with Crippen LogP contribution in [-0.4, -0.2) is 11.6 Å². The Bertz CT molecular complexity index is 756. The molecule has 0 bridgehead atoms. The van der Waals surface area contributed by atoms with Gasteiger partial charge in [0.2, 0.25) is 0 Å². The van der Waals surface area contributed by atoms with Crippen LogP contribution in [0.15, 0.2) is 48.5 Å². The van der Waals surface area contributed by atoms with Gasteiger partial charge in [-0.1, -0.05) is 47.5 Å². The molecule has 2 fully saturated rings. The average Bonchev–Trinajstić information content (AvgIpc) is 3.42. The van der Waals surface area contributed by atoms with Gasteiger partial charge in [-0.3, -0.25) is 9.59 Å². The number of ketones is 2. The van der Waals surface area contributed by atoms with Crippen molar-refractivity contribution in [3.8, 4) is 0 Å². The predicted octanol–water partition coefficient (Wildman–Crippen LogP) is 5.85. The SMILES string of the molecule is O=C([C]1[CH][CH][CH][CH]1)c1ccccc1Cl.O=C([C]1[CH][CH][CH][CH]1)c1ccccc1Cl.[Fe+2]. The first-order chi connectivity index (χ1) is 13.6. The topological polar surface area (TPSA) is 34.1 Å². The normalized spacial score (nSPS) is 16.6. The van der Waals surface area contributed by atoms with E-state index in [1.807, 2.05) is 49.9 Å². The van der Waals surface area contributed by atoms with Crippen molar-refractivity contribution >= 4 is 34.8 Å². The van der Waals surface area contributed by atoms with Crippen LogP contribution in [0.25, 0.3) is 0 Å². The van der Waals surface area contributed by atoms with E-state index in [2.05, 4.69) is 0 Å². The summed E-state index contributed by atoms with van der Waals surface area (Å²) in [6.07, 6.45) is 14.5. The zero-order chi connectivity index (χ0) is 19.9. The quantitative estimate of drug-likeness (QED) is 0.421. The molecule has 0 N–H and O–H groups in total. The van der Waals surface area contributed by atoms with Crippen LogP contribution in [0.1, 0.15) is 20.7 Å². The molecule has 0 amide bonds. The van der Waals surface area contributed by atoms with E-state index in [0.29, 0.717) is 33.0 Å². The summed E-state index contributed by atoms with van der Waals surface area (Å²) in [5.41, 5.74) is 1.11. The summed E-state index contributed by atoms with van der Waals surface area (Å²) >= 11 is 11.8. The maximum absolute atomic E-state index is 11.8. The number of carbonyl (C=O) groups excluding carboxylic acids is 2. The first kappa shape index (κ1) is 24.2. The van der Waals surface area contributed by atoms with Crippen LogP contribution in [0.3, 0.4) is 0 Å². The summed E-state index contributed by atoms with van der Waals surface area (Å²) in [4.78, 5) is 23.7. The van der Waals surface area contributed by atoms with Crippen LogP contribution >= 0.6 is 23.2 Å². The van der Waals surface area contributed by atoms with Gasteiger partial charge in [0, 0.05) is 11.1 Å². The molecule has 2 nitrogen and oxygen atoms in total. The minimum absolute atomic E-state index is 0. The Balaban J connectivity index is 0.000000200. The van der Waals surface area contributed by atoms with Gasteiger partial charge < -0.3 is 0 Å². The monoisotopic (exact) mass is 462 g/mol. The van der Waals surface area contributed by atoms with Gasteiger partial charge in [-0.05, 0) is 75.6 Å². The molecule has 4 rings (SSSR count). The molecule has 0 atom stereocenters. The van der Waals surface area contributed by atoms with Crippen molar-refractivity contribution < 1.29 is 26.7 Å². The summed E-state index contributed by atoms with van der Waals surface area (Å²) in [6, 6.07) is 14.1. The molecule has 2 saturated carbocycles. The first-order valence-corrected chi connectivity index (χ1v) is 9.35. The Hall–Kier alpha value is -1.12. The van der Waals surface area contributed by atoms with Gasteiger partial charge in [0.1, 0.15) is 0 Å². The van der Waals surface area contributed by atoms with Gasteiger partial charge in [-0.15, -0.1) is 0 Å². The van der Waals surface area contributed by atoms with Gasteiger partial charge in [0.05, 0.1) is 21.9 Å². The number of rotatable bonds is 4. The smallest absolute Gasteiger partial charge is 0.293 e. The van der Waals surface area contributed by atoms with E-state index < -0.39 is 0 Å². The van der Waals surface area contributed by atoms with E-state index in [4.69, 9.17) is 23.2 Å². The zero-order valence-electron chi connectivity index (χ0n) is 15.2. The Morgan fingerprint density at radius 2 is 0.862 bits per heavy atom. The number of hydrogen-bond acceptors (Lipinski definition) is 2. The number of hydrogen-bond donors (Lipinski definition) is 0. The molecule has 29 heavy (non-hydrogen) atoms. The molecule has 144 valence electrons. The molecule has 10 radical (unpaired) electrons. The standard InChI is InChI=1S/2C12H8ClO.Fe/c2*13-11-8-4-3-7-10(11)12(14)9-5-1-2-6-9;/h2*1-8H;/q;;+2. The molecule has 2 aliphatic rings. The summed E-state index contributed by atoms with van der Waals surface area (Å²) in [5.74, 6) is 1.30. The fourth-order valence-electron chi connectivity index (χ4n) is 2.65. The summed E-state index contributed by atoms with van der Waals surface area (Å²) in [6.45, 7) is 0. The number of carbonyl (C=O) groups is 2. The van der Waals surface area contributed by atoms with Crippen molar-refractivity contribution in [3.63, 3.8) is 0 Å². The molecule has 0 aliphatic heterocycles. The second-order valence-corrected chi connectivity index (χ2v) is 6.78. The van der Waals surface area contributed by atoms with Gasteiger partial charge in [-0.25, -0.2) is 0 Å². The summed E-state index contributed by atoms with van der Waals surface area (Å²) in [5, 5.41) is 0.998. The zero-order valence-corrected chi connectivity index (χ0v) is 17.8. The third kappa shape index (κ3) is 6.43. The molecular weight excluding hydrogens is 447 g/mol. The van der Waals surface area contributed by atoms with Gasteiger partial charge in [-0.2, -0.15) is 0 Å². The third-order valence-electron chi connectivity index (χ3n) is 4.09. The van der Waals surface area contributed by atoms with Crippen molar-refractivity contribution in [2.75, 3.05) is 0 Å². The Morgan fingerprint density at radius 3 is 1.17 bits per heavy atom. The molecule has 0 heterocycles. The van der Waals surface area contributed by atoms with Crippen molar-refractivity contribution in [2.45, 2.75) is 0 Å². The van der Waals surface area contributed by atoms with E-state index in [1.54, 1.807) is 49.9 Å². The van der Waals surface area contributed by atoms with Gasteiger partial charge in [0.15, 0.2) is 11.6 Å². The summed E-state index contributed by atoms with van der Waals surface area (Å²) < 4.78 is 0. The Labute approximate surface area is 193 Å². The second-order valence-electron chi connectivity index (χ2n) is 5.97. The Morgan fingerprint density at radius 1 is 0.552 bits per heavy atom. The van der Waals surface area contributed by atoms with Gasteiger partial charge >= 0.3 is 17.1 Å². The van der Waals surface area contributed by atoms with Crippen molar-refractivity contribution in [1.82, 2.24) is 0 Å². The molecule has 5 heteroatoms. The number of Topliss-reactive ketones (excluding diaryl/α,β-unsaturated/α-hetero) is 2. The molecule has 2 aliphatic carbocycles. The van der Waals surface area contributed by atoms with E-state index in [0.717, 1.165) is 0 Å². The molecule has 0 spiro atoms. The van der Waals surface area contributed by atoms with Crippen molar-refractivity contribution in [1.29, 1.82) is 0 Å². The fraction of sp³-hybridized carbons (Fsp3) is 0. The number of benzene rings is 2. The molecule has 0 unspecified atom stereocenters. The maximum Gasteiger partial charge on any atom is 2.00 e. The number of halogens is 2. The summed E-state index contributed by atoms with van der Waals surface area (Å²) in [7, 11) is 0. The van der Waals surface area contributed by atoms with E-state index in [1.165, 1.54) is 0 Å². The fourth-order valence-corrected chi connectivity index (χ4v) is 3.10. The van der Waals surface area contributed by atoms with Crippen molar-refractivity contribution in [3.05, 3.63) is 133 Å². The van der Waals surface area contributed by atoms with Crippen LogP contribution in [0.5, 0.6) is 0 Å². The van der Waals surface area contributed by atoms with Crippen LogP contribution in [-0.2, 0) is 17.1 Å². The maximum atomic E-state index is 11.8. The second kappa shape index (κ2) is 11.9.